The molecule has 0 amide bonds. The van der Waals surface area contributed by atoms with Gasteiger partial charge in [0.1, 0.15) is 6.04 Å². The average Bonchev–Trinajstić information content (AvgIpc) is 2.27. The number of rotatable bonds is 5. The number of hydrogen-bond donors (Lipinski definition) is 2. The lowest BCUT2D eigenvalue weighted by molar-refractivity contribution is -0.139. The van der Waals surface area contributed by atoms with Crippen LogP contribution in [0.3, 0.4) is 0 Å². The van der Waals surface area contributed by atoms with Gasteiger partial charge >= 0.3 is 5.97 Å². The van der Waals surface area contributed by atoms with E-state index < -0.39 is 16.8 Å². The fourth-order valence-corrected chi connectivity index (χ4v) is 2.61. The van der Waals surface area contributed by atoms with Crippen LogP contribution in [-0.4, -0.2) is 21.9 Å². The van der Waals surface area contributed by atoms with E-state index in [-0.39, 0.29) is 0 Å². The molecule has 17 heavy (non-hydrogen) atoms. The van der Waals surface area contributed by atoms with Crippen LogP contribution in [0.5, 0.6) is 0 Å². The van der Waals surface area contributed by atoms with Gasteiger partial charge in [-0.3, -0.25) is 4.79 Å². The highest BCUT2D eigenvalue weighted by Gasteiger charge is 2.32. The Morgan fingerprint density at radius 1 is 1.53 bits per heavy atom. The largest absolute Gasteiger partial charge is 0.480 e. The smallest absolute Gasteiger partial charge is 0.321 e. The zero-order valence-electron chi connectivity index (χ0n) is 9.81. The maximum Gasteiger partial charge on any atom is 0.321 e. The number of hydrogen-bond acceptors (Lipinski definition) is 3. The second-order valence-corrected chi connectivity index (χ2v) is 6.34. The molecule has 0 radical (unpaired) electrons. The number of carboxylic acids is 1. The van der Waals surface area contributed by atoms with Crippen LogP contribution in [0.15, 0.2) is 24.3 Å². The molecule has 0 aromatic heterocycles. The Bertz CT molecular complexity index is 409. The monoisotopic (exact) mass is 273 g/mol. The molecular weight excluding hydrogens is 258 g/mol. The highest BCUT2D eigenvalue weighted by atomic mass is 35.5. The molecule has 0 aliphatic carbocycles. The topological polar surface area (TPSA) is 63.3 Å². The Hall–Kier alpha value is -0.710. The van der Waals surface area contributed by atoms with Gasteiger partial charge in [0, 0.05) is 15.5 Å². The molecule has 0 heterocycles. The van der Waals surface area contributed by atoms with Gasteiger partial charge in [0.25, 0.3) is 0 Å². The summed E-state index contributed by atoms with van der Waals surface area (Å²) in [7, 11) is 0. The van der Waals surface area contributed by atoms with Gasteiger partial charge in [-0.15, -0.1) is 11.8 Å². The van der Waals surface area contributed by atoms with E-state index in [2.05, 4.69) is 0 Å². The molecule has 0 saturated heterocycles. The summed E-state index contributed by atoms with van der Waals surface area (Å²) in [5.41, 5.74) is 6.63. The van der Waals surface area contributed by atoms with Gasteiger partial charge in [-0.25, -0.2) is 0 Å². The van der Waals surface area contributed by atoms with Crippen molar-refractivity contribution in [1.82, 2.24) is 0 Å². The molecule has 0 unspecified atom stereocenters. The molecule has 0 fully saturated rings. The Morgan fingerprint density at radius 3 is 2.65 bits per heavy atom. The van der Waals surface area contributed by atoms with E-state index in [9.17, 15) is 4.79 Å². The Morgan fingerprint density at radius 2 is 2.12 bits per heavy atom. The van der Waals surface area contributed by atoms with Crippen molar-refractivity contribution in [1.29, 1.82) is 0 Å². The molecule has 1 aromatic carbocycles. The van der Waals surface area contributed by atoms with E-state index in [1.54, 1.807) is 0 Å². The zero-order valence-corrected chi connectivity index (χ0v) is 11.4. The molecule has 5 heteroatoms. The molecule has 0 aliphatic rings. The molecule has 1 atom stereocenters. The maximum absolute atomic E-state index is 10.9. The van der Waals surface area contributed by atoms with E-state index in [1.165, 1.54) is 11.8 Å². The fraction of sp³-hybridized carbons (Fsp3) is 0.417. The zero-order chi connectivity index (χ0) is 13.1. The van der Waals surface area contributed by atoms with Crippen molar-refractivity contribution < 1.29 is 9.90 Å². The summed E-state index contributed by atoms with van der Waals surface area (Å²) in [6.45, 7) is 3.65. The maximum atomic E-state index is 10.9. The van der Waals surface area contributed by atoms with Crippen molar-refractivity contribution >= 4 is 29.3 Å². The third kappa shape index (κ3) is 3.91. The number of thioether (sulfide) groups is 1. The number of nitrogens with two attached hydrogens (primary N) is 1. The van der Waals surface area contributed by atoms with Crippen molar-refractivity contribution in [2.75, 3.05) is 0 Å². The van der Waals surface area contributed by atoms with Crippen LogP contribution in [0.4, 0.5) is 0 Å². The van der Waals surface area contributed by atoms with E-state index in [1.807, 2.05) is 38.1 Å². The molecule has 3 nitrogen and oxygen atoms in total. The van der Waals surface area contributed by atoms with E-state index in [0.29, 0.717) is 10.8 Å². The van der Waals surface area contributed by atoms with E-state index >= 15 is 0 Å². The first-order chi connectivity index (χ1) is 7.84. The summed E-state index contributed by atoms with van der Waals surface area (Å²) in [4.78, 5) is 10.9. The minimum absolute atomic E-state index is 0.537. The summed E-state index contributed by atoms with van der Waals surface area (Å²) in [6, 6.07) is 6.63. The number of benzene rings is 1. The first kappa shape index (κ1) is 14.4. The molecule has 0 saturated carbocycles. The number of halogens is 1. The lowest BCUT2D eigenvalue weighted by Gasteiger charge is -2.28. The average molecular weight is 274 g/mol. The SMILES string of the molecule is CC(C)(SCc1ccccc1Cl)[C@@H](N)C(=O)O. The fourth-order valence-electron chi connectivity index (χ4n) is 1.27. The number of aliphatic carboxylic acids is 1. The predicted octanol–water partition coefficient (Wildman–Crippen LogP) is 2.76. The predicted molar refractivity (Wildman–Crippen MR) is 72.4 cm³/mol. The first-order valence-electron chi connectivity index (χ1n) is 5.20. The van der Waals surface area contributed by atoms with Crippen LogP contribution in [0.2, 0.25) is 5.02 Å². The van der Waals surface area contributed by atoms with Crippen molar-refractivity contribution in [2.45, 2.75) is 30.4 Å². The summed E-state index contributed by atoms with van der Waals surface area (Å²) < 4.78 is -0.537. The van der Waals surface area contributed by atoms with Gasteiger partial charge in [0.05, 0.1) is 0 Å². The van der Waals surface area contributed by atoms with Crippen LogP contribution in [-0.2, 0) is 10.5 Å². The molecule has 0 spiro atoms. The summed E-state index contributed by atoms with van der Waals surface area (Å²) in [5.74, 6) is -0.338. The van der Waals surface area contributed by atoms with Gasteiger partial charge in [-0.1, -0.05) is 29.8 Å². The molecule has 3 N–H and O–H groups in total. The van der Waals surface area contributed by atoms with E-state index in [0.717, 1.165) is 5.56 Å². The Balaban J connectivity index is 2.67. The molecule has 0 bridgehead atoms. The number of carboxylic acid groups (broad SMARTS) is 1. The van der Waals surface area contributed by atoms with Gasteiger partial charge in [0.15, 0.2) is 0 Å². The van der Waals surface area contributed by atoms with Gasteiger partial charge in [-0.05, 0) is 25.5 Å². The highest BCUT2D eigenvalue weighted by molar-refractivity contribution is 7.99. The normalized spacial score (nSPS) is 13.4. The minimum Gasteiger partial charge on any atom is -0.480 e. The quantitative estimate of drug-likeness (QED) is 0.866. The van der Waals surface area contributed by atoms with Crippen LogP contribution < -0.4 is 5.73 Å². The lowest BCUT2D eigenvalue weighted by Crippen LogP contribution is -2.46. The number of carbonyl (C=O) groups is 1. The summed E-state index contributed by atoms with van der Waals surface area (Å²) in [6.07, 6.45) is 0. The first-order valence-corrected chi connectivity index (χ1v) is 6.56. The Labute approximate surface area is 110 Å². The van der Waals surface area contributed by atoms with E-state index in [4.69, 9.17) is 22.4 Å². The second kappa shape index (κ2) is 5.76. The molecule has 0 aliphatic heterocycles. The van der Waals surface area contributed by atoms with Crippen molar-refractivity contribution in [3.05, 3.63) is 34.9 Å². The van der Waals surface area contributed by atoms with Crippen LogP contribution in [0.1, 0.15) is 19.4 Å². The van der Waals surface area contributed by atoms with Crippen molar-refractivity contribution in [3.63, 3.8) is 0 Å². The molecule has 1 rings (SSSR count). The van der Waals surface area contributed by atoms with Crippen LogP contribution in [0, 0.1) is 0 Å². The third-order valence-electron chi connectivity index (χ3n) is 2.57. The molecule has 94 valence electrons. The summed E-state index contributed by atoms with van der Waals surface area (Å²) in [5, 5.41) is 9.60. The second-order valence-electron chi connectivity index (χ2n) is 4.30. The summed E-state index contributed by atoms with van der Waals surface area (Å²) >= 11 is 7.53. The van der Waals surface area contributed by atoms with Gasteiger partial charge in [-0.2, -0.15) is 0 Å². The van der Waals surface area contributed by atoms with Crippen molar-refractivity contribution in [2.24, 2.45) is 5.73 Å². The van der Waals surface area contributed by atoms with Gasteiger partial charge < -0.3 is 10.8 Å². The molecular formula is C12H16ClNO2S. The van der Waals surface area contributed by atoms with Crippen molar-refractivity contribution in [3.8, 4) is 0 Å². The highest BCUT2D eigenvalue weighted by Crippen LogP contribution is 2.32. The third-order valence-corrected chi connectivity index (χ3v) is 4.39. The molecule has 1 aromatic rings. The standard InChI is InChI=1S/C12H16ClNO2S/c1-12(2,10(14)11(15)16)17-7-8-5-3-4-6-9(8)13/h3-6,10H,7,14H2,1-2H3,(H,15,16)/t10-/m0/s1. The van der Waals surface area contributed by atoms with Crippen LogP contribution >= 0.6 is 23.4 Å². The van der Waals surface area contributed by atoms with Gasteiger partial charge in [0.2, 0.25) is 0 Å². The van der Waals surface area contributed by atoms with Crippen LogP contribution in [0.25, 0.3) is 0 Å². The Kier molecular flexibility index (Phi) is 4.86. The minimum atomic E-state index is -0.985. The lowest BCUT2D eigenvalue weighted by atomic mass is 10.1.